The zero-order valence-electron chi connectivity index (χ0n) is 16.6. The van der Waals surface area contributed by atoms with E-state index in [1.807, 2.05) is 6.07 Å². The van der Waals surface area contributed by atoms with E-state index in [0.29, 0.717) is 5.75 Å². The van der Waals surface area contributed by atoms with Crippen LogP contribution in [-0.2, 0) is 19.0 Å². The van der Waals surface area contributed by atoms with E-state index in [1.54, 1.807) is 38.1 Å². The maximum atomic E-state index is 12.6. The van der Waals surface area contributed by atoms with Gasteiger partial charge in [-0.3, -0.25) is 9.36 Å². The lowest BCUT2D eigenvalue weighted by Gasteiger charge is -2.24. The van der Waals surface area contributed by atoms with E-state index >= 15 is 0 Å². The Bertz CT molecular complexity index is 962. The standard InChI is InChI=1S/C20H23N3O7/c1-20(2)29-16-13(10-24)28-18(17(16)30-20)23-9-8-14(22-19(23)26)21-15(25)11-27-12-6-4-3-5-7-12/h3-9,13,16-18,24H,10-11H2,1-2H3,(H,21,22,25,26)/t13-,16-,17-,18-/m1/s1. The first-order valence-corrected chi connectivity index (χ1v) is 9.55. The molecule has 0 radical (unpaired) electrons. The molecule has 1 amide bonds. The third-order valence-electron chi connectivity index (χ3n) is 4.79. The number of nitrogens with zero attached hydrogens (tertiary/aromatic N) is 2. The van der Waals surface area contributed by atoms with Crippen LogP contribution in [0.15, 0.2) is 47.4 Å². The Kier molecular flexibility index (Phi) is 5.56. The number of ether oxygens (including phenoxy) is 4. The maximum Gasteiger partial charge on any atom is 0.351 e. The highest BCUT2D eigenvalue weighted by molar-refractivity contribution is 5.90. The highest BCUT2D eigenvalue weighted by Crippen LogP contribution is 2.42. The fraction of sp³-hybridized carbons (Fsp3) is 0.450. The van der Waals surface area contributed by atoms with Crippen LogP contribution < -0.4 is 15.7 Å². The number of anilines is 1. The summed E-state index contributed by atoms with van der Waals surface area (Å²) in [7, 11) is 0. The van der Waals surface area contributed by atoms with Gasteiger partial charge in [0, 0.05) is 6.20 Å². The van der Waals surface area contributed by atoms with Crippen LogP contribution >= 0.6 is 0 Å². The Morgan fingerprint density at radius 1 is 1.23 bits per heavy atom. The Hall–Kier alpha value is -2.79. The second-order valence-electron chi connectivity index (χ2n) is 7.46. The number of fused-ring (bicyclic) bond motifs is 1. The van der Waals surface area contributed by atoms with Gasteiger partial charge in [0.15, 0.2) is 18.6 Å². The molecule has 1 aromatic heterocycles. The van der Waals surface area contributed by atoms with Gasteiger partial charge in [-0.15, -0.1) is 0 Å². The summed E-state index contributed by atoms with van der Waals surface area (Å²) in [6.07, 6.45) is -1.05. The molecule has 0 spiro atoms. The molecule has 0 bridgehead atoms. The maximum absolute atomic E-state index is 12.6. The van der Waals surface area contributed by atoms with Gasteiger partial charge in [-0.05, 0) is 32.0 Å². The zero-order chi connectivity index (χ0) is 21.3. The topological polar surface area (TPSA) is 121 Å². The molecule has 2 N–H and O–H groups in total. The summed E-state index contributed by atoms with van der Waals surface area (Å²) in [6.45, 7) is 3.03. The first-order valence-electron chi connectivity index (χ1n) is 9.55. The van der Waals surface area contributed by atoms with Gasteiger partial charge in [0.05, 0.1) is 6.61 Å². The number of carbonyl (C=O) groups is 1. The lowest BCUT2D eigenvalue weighted by molar-refractivity contribution is -0.200. The number of hydrogen-bond acceptors (Lipinski definition) is 8. The number of hydrogen-bond donors (Lipinski definition) is 2. The number of amides is 1. The molecule has 2 saturated heterocycles. The van der Waals surface area contributed by atoms with Gasteiger partial charge in [-0.2, -0.15) is 4.98 Å². The summed E-state index contributed by atoms with van der Waals surface area (Å²) in [6, 6.07) is 10.4. The van der Waals surface area contributed by atoms with Crippen molar-refractivity contribution < 1.29 is 28.8 Å². The van der Waals surface area contributed by atoms with Gasteiger partial charge >= 0.3 is 5.69 Å². The van der Waals surface area contributed by atoms with Crippen LogP contribution in [0, 0.1) is 0 Å². The highest BCUT2D eigenvalue weighted by Gasteiger charge is 2.55. The van der Waals surface area contributed by atoms with Crippen LogP contribution in [0.25, 0.3) is 0 Å². The molecule has 2 aliphatic rings. The monoisotopic (exact) mass is 417 g/mol. The molecular formula is C20H23N3O7. The third kappa shape index (κ3) is 4.21. The fourth-order valence-electron chi connectivity index (χ4n) is 3.55. The Morgan fingerprint density at radius 3 is 2.67 bits per heavy atom. The van der Waals surface area contributed by atoms with Crippen molar-refractivity contribution in [3.8, 4) is 5.75 Å². The minimum absolute atomic E-state index is 0.0927. The van der Waals surface area contributed by atoms with Crippen molar-refractivity contribution in [2.24, 2.45) is 0 Å². The van der Waals surface area contributed by atoms with Crippen molar-refractivity contribution in [1.82, 2.24) is 9.55 Å². The number of para-hydroxylation sites is 1. The molecule has 4 atom stereocenters. The average Bonchev–Trinajstić information content (AvgIpc) is 3.20. The Labute approximate surface area is 172 Å². The lowest BCUT2D eigenvalue weighted by Crippen LogP contribution is -2.35. The van der Waals surface area contributed by atoms with Crippen LogP contribution in [0.5, 0.6) is 5.75 Å². The van der Waals surface area contributed by atoms with Crippen LogP contribution in [-0.4, -0.2) is 57.9 Å². The number of aromatic nitrogens is 2. The number of benzene rings is 1. The number of aliphatic hydroxyl groups is 1. The van der Waals surface area contributed by atoms with Gasteiger partial charge < -0.3 is 29.4 Å². The SMILES string of the molecule is CC1(C)O[C@@H]2[C@H](O1)[C@@H](CO)O[C@H]2n1ccc(NC(=O)COc2ccccc2)nc1=O. The second-order valence-corrected chi connectivity index (χ2v) is 7.46. The van der Waals surface area contributed by atoms with Gasteiger partial charge in [0.2, 0.25) is 0 Å². The molecule has 10 nitrogen and oxygen atoms in total. The van der Waals surface area contributed by atoms with E-state index in [2.05, 4.69) is 10.3 Å². The lowest BCUT2D eigenvalue weighted by atomic mass is 10.1. The molecule has 2 aliphatic heterocycles. The van der Waals surface area contributed by atoms with Gasteiger partial charge in [-0.1, -0.05) is 18.2 Å². The van der Waals surface area contributed by atoms with E-state index in [-0.39, 0.29) is 19.0 Å². The van der Waals surface area contributed by atoms with E-state index in [1.165, 1.54) is 16.8 Å². The van der Waals surface area contributed by atoms with Gasteiger partial charge in [0.1, 0.15) is 29.9 Å². The highest BCUT2D eigenvalue weighted by atomic mass is 16.8. The molecule has 0 saturated carbocycles. The molecule has 3 heterocycles. The average molecular weight is 417 g/mol. The second kappa shape index (κ2) is 8.15. The van der Waals surface area contributed by atoms with Crippen molar-refractivity contribution in [1.29, 1.82) is 0 Å². The van der Waals surface area contributed by atoms with E-state index in [9.17, 15) is 14.7 Å². The smallest absolute Gasteiger partial charge is 0.351 e. The summed E-state index contributed by atoms with van der Waals surface area (Å²) in [5, 5.41) is 12.1. The predicted molar refractivity (Wildman–Crippen MR) is 104 cm³/mol. The van der Waals surface area contributed by atoms with Crippen molar-refractivity contribution >= 4 is 11.7 Å². The third-order valence-corrected chi connectivity index (χ3v) is 4.79. The van der Waals surface area contributed by atoms with Crippen LogP contribution in [0.4, 0.5) is 5.82 Å². The normalized spacial score (nSPS) is 26.9. The molecule has 30 heavy (non-hydrogen) atoms. The first-order chi connectivity index (χ1) is 14.4. The molecule has 1 aromatic carbocycles. The fourth-order valence-corrected chi connectivity index (χ4v) is 3.55. The summed E-state index contributed by atoms with van der Waals surface area (Å²) < 4.78 is 24.0. The predicted octanol–water partition coefficient (Wildman–Crippen LogP) is 0.671. The van der Waals surface area contributed by atoms with Crippen molar-refractivity contribution in [2.45, 2.75) is 44.2 Å². The summed E-state index contributed by atoms with van der Waals surface area (Å²) in [4.78, 5) is 28.5. The number of nitrogens with one attached hydrogen (secondary N) is 1. The molecule has 10 heteroatoms. The summed E-state index contributed by atoms with van der Waals surface area (Å²) in [5.74, 6) is -0.649. The molecular weight excluding hydrogens is 394 g/mol. The molecule has 160 valence electrons. The Morgan fingerprint density at radius 2 is 1.97 bits per heavy atom. The quantitative estimate of drug-likeness (QED) is 0.704. The molecule has 2 fully saturated rings. The van der Waals surface area contributed by atoms with Crippen LogP contribution in [0.1, 0.15) is 20.1 Å². The largest absolute Gasteiger partial charge is 0.484 e. The van der Waals surface area contributed by atoms with Crippen LogP contribution in [0.3, 0.4) is 0 Å². The Balaban J connectivity index is 1.43. The van der Waals surface area contributed by atoms with E-state index in [4.69, 9.17) is 18.9 Å². The van der Waals surface area contributed by atoms with Crippen molar-refractivity contribution in [2.75, 3.05) is 18.5 Å². The summed E-state index contributed by atoms with van der Waals surface area (Å²) in [5.41, 5.74) is -0.632. The van der Waals surface area contributed by atoms with Gasteiger partial charge in [-0.25, -0.2) is 4.79 Å². The van der Waals surface area contributed by atoms with Gasteiger partial charge in [0.25, 0.3) is 5.91 Å². The minimum Gasteiger partial charge on any atom is -0.484 e. The molecule has 4 rings (SSSR count). The van der Waals surface area contributed by atoms with E-state index < -0.39 is 41.9 Å². The molecule has 0 aliphatic carbocycles. The number of rotatable bonds is 6. The number of aliphatic hydroxyl groups excluding tert-OH is 1. The van der Waals surface area contributed by atoms with Crippen molar-refractivity contribution in [3.63, 3.8) is 0 Å². The van der Waals surface area contributed by atoms with Crippen molar-refractivity contribution in [3.05, 3.63) is 53.1 Å². The minimum atomic E-state index is -0.853. The zero-order valence-corrected chi connectivity index (χ0v) is 16.6. The first kappa shape index (κ1) is 20.5. The molecule has 0 unspecified atom stereocenters. The number of carbonyl (C=O) groups excluding carboxylic acids is 1. The molecule has 2 aromatic rings. The van der Waals surface area contributed by atoms with Crippen LogP contribution in [0.2, 0.25) is 0 Å². The summed E-state index contributed by atoms with van der Waals surface area (Å²) >= 11 is 0. The van der Waals surface area contributed by atoms with E-state index in [0.717, 1.165) is 0 Å².